The van der Waals surface area contributed by atoms with Crippen LogP contribution in [0.1, 0.15) is 20.3 Å². The zero-order chi connectivity index (χ0) is 17.8. The van der Waals surface area contributed by atoms with Crippen molar-refractivity contribution in [2.75, 3.05) is 24.2 Å². The summed E-state index contributed by atoms with van der Waals surface area (Å²) in [5.74, 6) is 1.33. The summed E-state index contributed by atoms with van der Waals surface area (Å²) in [5.41, 5.74) is 0.625. The molecule has 0 spiro atoms. The SMILES string of the molecule is C[C@@H]1C[C@H](C)CN(C(=O)CSc2nnc(Nc3cccc(F)c3)s2)C1. The first-order valence-corrected chi connectivity index (χ1v) is 10.1. The van der Waals surface area contributed by atoms with Crippen molar-refractivity contribution < 1.29 is 9.18 Å². The molecule has 1 aromatic carbocycles. The summed E-state index contributed by atoms with van der Waals surface area (Å²) >= 11 is 2.76. The van der Waals surface area contributed by atoms with E-state index in [1.807, 2.05) is 4.90 Å². The Kier molecular flexibility index (Phi) is 5.90. The van der Waals surface area contributed by atoms with E-state index in [9.17, 15) is 9.18 Å². The van der Waals surface area contributed by atoms with E-state index in [-0.39, 0.29) is 11.7 Å². The van der Waals surface area contributed by atoms with Crippen molar-refractivity contribution in [3.8, 4) is 0 Å². The highest BCUT2D eigenvalue weighted by Crippen LogP contribution is 2.29. The summed E-state index contributed by atoms with van der Waals surface area (Å²) in [4.78, 5) is 14.4. The van der Waals surface area contributed by atoms with Crippen LogP contribution in [0.5, 0.6) is 0 Å². The second kappa shape index (κ2) is 8.14. The molecule has 134 valence electrons. The number of benzene rings is 1. The van der Waals surface area contributed by atoms with Crippen LogP contribution >= 0.6 is 23.1 Å². The first-order chi connectivity index (χ1) is 12.0. The maximum absolute atomic E-state index is 13.2. The van der Waals surface area contributed by atoms with Crippen LogP contribution in [0.2, 0.25) is 0 Å². The molecule has 8 heteroatoms. The Morgan fingerprint density at radius 2 is 2.12 bits per heavy atom. The quantitative estimate of drug-likeness (QED) is 0.794. The van der Waals surface area contributed by atoms with Crippen molar-refractivity contribution in [3.63, 3.8) is 0 Å². The lowest BCUT2D eigenvalue weighted by Crippen LogP contribution is -2.43. The lowest BCUT2D eigenvalue weighted by atomic mass is 9.92. The fourth-order valence-electron chi connectivity index (χ4n) is 3.09. The highest BCUT2D eigenvalue weighted by molar-refractivity contribution is 8.01. The molecule has 1 N–H and O–H groups in total. The van der Waals surface area contributed by atoms with Crippen LogP contribution in [0.3, 0.4) is 0 Å². The molecule has 2 heterocycles. The summed E-state index contributed by atoms with van der Waals surface area (Å²) < 4.78 is 13.9. The molecule has 1 amide bonds. The lowest BCUT2D eigenvalue weighted by Gasteiger charge is -2.34. The Hall–Kier alpha value is -1.67. The predicted octanol–water partition coefficient (Wildman–Crippen LogP) is 4.02. The first kappa shape index (κ1) is 18.1. The average molecular weight is 381 g/mol. The average Bonchev–Trinajstić information content (AvgIpc) is 2.99. The van der Waals surface area contributed by atoms with Gasteiger partial charge < -0.3 is 10.2 Å². The number of carbonyl (C=O) groups excluding carboxylic acids is 1. The Morgan fingerprint density at radius 3 is 2.84 bits per heavy atom. The van der Waals surface area contributed by atoms with Gasteiger partial charge in [-0.3, -0.25) is 4.79 Å². The van der Waals surface area contributed by atoms with Gasteiger partial charge in [0.05, 0.1) is 5.75 Å². The summed E-state index contributed by atoms with van der Waals surface area (Å²) in [7, 11) is 0. The van der Waals surface area contributed by atoms with E-state index in [1.165, 1.54) is 41.7 Å². The fraction of sp³-hybridized carbons (Fsp3) is 0.471. The van der Waals surface area contributed by atoms with Gasteiger partial charge >= 0.3 is 0 Å². The molecule has 25 heavy (non-hydrogen) atoms. The van der Waals surface area contributed by atoms with Gasteiger partial charge in [-0.25, -0.2) is 4.39 Å². The van der Waals surface area contributed by atoms with E-state index in [0.717, 1.165) is 17.4 Å². The summed E-state index contributed by atoms with van der Waals surface area (Å²) in [5, 5.41) is 11.7. The van der Waals surface area contributed by atoms with Gasteiger partial charge in [-0.05, 0) is 36.5 Å². The minimum absolute atomic E-state index is 0.151. The molecule has 1 aliphatic heterocycles. The first-order valence-electron chi connectivity index (χ1n) is 8.26. The fourth-order valence-corrected chi connectivity index (χ4v) is 4.76. The van der Waals surface area contributed by atoms with Crippen LogP contribution in [0.4, 0.5) is 15.2 Å². The van der Waals surface area contributed by atoms with E-state index in [0.29, 0.717) is 28.4 Å². The molecule has 0 radical (unpaired) electrons. The van der Waals surface area contributed by atoms with Crippen LogP contribution in [-0.2, 0) is 4.79 Å². The molecule has 2 atom stereocenters. The highest BCUT2D eigenvalue weighted by Gasteiger charge is 2.25. The van der Waals surface area contributed by atoms with E-state index in [2.05, 4.69) is 29.4 Å². The second-order valence-corrected chi connectivity index (χ2v) is 8.74. The highest BCUT2D eigenvalue weighted by atomic mass is 32.2. The minimum Gasteiger partial charge on any atom is -0.341 e. The van der Waals surface area contributed by atoms with Crippen LogP contribution in [0.15, 0.2) is 28.6 Å². The Balaban J connectivity index is 1.52. The second-order valence-electron chi connectivity index (χ2n) is 6.54. The molecular weight excluding hydrogens is 359 g/mol. The van der Waals surface area contributed by atoms with Gasteiger partial charge in [-0.15, -0.1) is 10.2 Å². The molecule has 5 nitrogen and oxygen atoms in total. The number of carbonyl (C=O) groups is 1. The van der Waals surface area contributed by atoms with Gasteiger partial charge in [0.15, 0.2) is 4.34 Å². The van der Waals surface area contributed by atoms with Crippen LogP contribution in [0.25, 0.3) is 0 Å². The van der Waals surface area contributed by atoms with Crippen molar-refractivity contribution in [2.24, 2.45) is 11.8 Å². The summed E-state index contributed by atoms with van der Waals surface area (Å²) in [6.07, 6.45) is 1.18. The van der Waals surface area contributed by atoms with Crippen molar-refractivity contribution in [3.05, 3.63) is 30.1 Å². The predicted molar refractivity (Wildman–Crippen MR) is 99.8 cm³/mol. The van der Waals surface area contributed by atoms with Gasteiger partial charge in [0.2, 0.25) is 11.0 Å². The summed E-state index contributed by atoms with van der Waals surface area (Å²) in [6.45, 7) is 6.06. The van der Waals surface area contributed by atoms with E-state index in [4.69, 9.17) is 0 Å². The standard InChI is InChI=1S/C17H21FN4OS2/c1-11-6-12(2)9-22(8-11)15(23)10-24-17-21-20-16(25-17)19-14-5-3-4-13(18)7-14/h3-5,7,11-12H,6,8-10H2,1-2H3,(H,19,20)/t11-,12+. The molecule has 3 rings (SSSR count). The number of hydrogen-bond acceptors (Lipinski definition) is 6. The number of rotatable bonds is 5. The number of nitrogens with one attached hydrogen (secondary N) is 1. The third kappa shape index (κ3) is 5.15. The van der Waals surface area contributed by atoms with Gasteiger partial charge in [0.1, 0.15) is 5.82 Å². The maximum Gasteiger partial charge on any atom is 0.233 e. The number of anilines is 2. The van der Waals surface area contributed by atoms with Crippen molar-refractivity contribution in [1.82, 2.24) is 15.1 Å². The molecular formula is C17H21FN4OS2. The monoisotopic (exact) mass is 380 g/mol. The number of amides is 1. The molecule has 1 fully saturated rings. The normalized spacial score (nSPS) is 20.5. The molecule has 2 aromatic rings. The van der Waals surface area contributed by atoms with Crippen molar-refractivity contribution in [2.45, 2.75) is 24.6 Å². The molecule has 0 aliphatic carbocycles. The van der Waals surface area contributed by atoms with Gasteiger partial charge in [-0.1, -0.05) is 43.0 Å². The van der Waals surface area contributed by atoms with Gasteiger partial charge in [-0.2, -0.15) is 0 Å². The molecule has 0 saturated carbocycles. The number of piperidine rings is 1. The maximum atomic E-state index is 13.2. The Bertz CT molecular complexity index is 729. The lowest BCUT2D eigenvalue weighted by molar-refractivity contribution is -0.130. The van der Waals surface area contributed by atoms with Gasteiger partial charge in [0.25, 0.3) is 0 Å². The molecule has 1 aromatic heterocycles. The van der Waals surface area contributed by atoms with Crippen LogP contribution in [0, 0.1) is 17.7 Å². The number of halogens is 1. The third-order valence-corrected chi connectivity index (χ3v) is 5.98. The number of aromatic nitrogens is 2. The molecule has 0 bridgehead atoms. The van der Waals surface area contributed by atoms with Crippen molar-refractivity contribution in [1.29, 1.82) is 0 Å². The minimum atomic E-state index is -0.306. The third-order valence-electron chi connectivity index (χ3n) is 4.02. The van der Waals surface area contributed by atoms with E-state index in [1.54, 1.807) is 12.1 Å². The number of thioether (sulfide) groups is 1. The molecule has 0 unspecified atom stereocenters. The summed E-state index contributed by atoms with van der Waals surface area (Å²) in [6, 6.07) is 6.18. The Labute approximate surface area is 155 Å². The number of nitrogens with zero attached hydrogens (tertiary/aromatic N) is 3. The molecule has 1 aliphatic rings. The van der Waals surface area contributed by atoms with Crippen molar-refractivity contribution >= 4 is 39.8 Å². The number of likely N-dealkylation sites (tertiary alicyclic amines) is 1. The van der Waals surface area contributed by atoms with E-state index < -0.39 is 0 Å². The van der Waals surface area contributed by atoms with E-state index >= 15 is 0 Å². The zero-order valence-corrected chi connectivity index (χ0v) is 15.9. The topological polar surface area (TPSA) is 58.1 Å². The van der Waals surface area contributed by atoms with Gasteiger partial charge in [0, 0.05) is 18.8 Å². The molecule has 1 saturated heterocycles. The zero-order valence-electron chi connectivity index (χ0n) is 14.2. The van der Waals surface area contributed by atoms with Crippen LogP contribution < -0.4 is 5.32 Å². The van der Waals surface area contributed by atoms with Crippen LogP contribution in [-0.4, -0.2) is 39.8 Å². The smallest absolute Gasteiger partial charge is 0.233 e. The Morgan fingerprint density at radius 1 is 1.36 bits per heavy atom. The largest absolute Gasteiger partial charge is 0.341 e. The number of hydrogen-bond donors (Lipinski definition) is 1.